The monoisotopic (exact) mass is 190 g/mol. The predicted octanol–water partition coefficient (Wildman–Crippen LogP) is 1.89. The molecular weight excluding hydrogens is 176 g/mol. The van der Waals surface area contributed by atoms with E-state index in [9.17, 15) is 0 Å². The number of benzene rings is 1. The summed E-state index contributed by atoms with van der Waals surface area (Å²) in [6.45, 7) is 4.21. The summed E-state index contributed by atoms with van der Waals surface area (Å²) in [6.07, 6.45) is 0.250. The number of para-hydroxylation sites is 1. The van der Waals surface area contributed by atoms with E-state index in [4.69, 9.17) is 4.79 Å². The Kier molecular flexibility index (Phi) is 3.29. The summed E-state index contributed by atoms with van der Waals surface area (Å²) in [6, 6.07) is 8.51. The van der Waals surface area contributed by atoms with Gasteiger partial charge in [0.1, 0.15) is 0 Å². The number of hydrogen-bond donors (Lipinski definition) is 2. The highest BCUT2D eigenvalue weighted by atomic mass is 16.1. The molecule has 1 aromatic heterocycles. The first-order chi connectivity index (χ1) is 6.69. The predicted molar refractivity (Wildman–Crippen MR) is 58.0 cm³/mol. The summed E-state index contributed by atoms with van der Waals surface area (Å²) in [5.41, 5.74) is 7.98. The first-order valence-electron chi connectivity index (χ1n) is 4.39. The largest absolute Gasteiger partial charge is 0.372 e. The molecule has 74 valence electrons. The number of nitrogens with two attached hydrogens (primary N) is 1. The molecule has 0 aliphatic heterocycles. The van der Waals surface area contributed by atoms with Crippen molar-refractivity contribution in [3.63, 3.8) is 0 Å². The maximum absolute atomic E-state index is 8.58. The van der Waals surface area contributed by atoms with E-state index in [0.29, 0.717) is 0 Å². The maximum atomic E-state index is 8.58. The molecule has 1 heterocycles. The lowest BCUT2D eigenvalue weighted by atomic mass is 10.2. The molecule has 3 heteroatoms. The molecule has 2 rings (SSSR count). The van der Waals surface area contributed by atoms with Gasteiger partial charge in [0.2, 0.25) is 6.41 Å². The van der Waals surface area contributed by atoms with Gasteiger partial charge in [-0.3, -0.25) is 4.79 Å². The SMILES string of the molecule is Cc1cc2cccc(C)c2[nH]1.NC=O. The molecule has 0 aliphatic carbocycles. The van der Waals surface area contributed by atoms with Crippen LogP contribution in [0.1, 0.15) is 11.3 Å². The molecule has 0 unspecified atom stereocenters. The second-order valence-electron chi connectivity index (χ2n) is 3.13. The lowest BCUT2D eigenvalue weighted by molar-refractivity contribution is -0.106. The average molecular weight is 190 g/mol. The van der Waals surface area contributed by atoms with E-state index >= 15 is 0 Å². The maximum Gasteiger partial charge on any atom is 0.204 e. The van der Waals surface area contributed by atoms with Crippen LogP contribution in [0.4, 0.5) is 0 Å². The van der Waals surface area contributed by atoms with E-state index in [1.807, 2.05) is 0 Å². The molecule has 0 saturated heterocycles. The van der Waals surface area contributed by atoms with Crippen molar-refractivity contribution in [1.82, 2.24) is 4.98 Å². The summed E-state index contributed by atoms with van der Waals surface area (Å²) < 4.78 is 0. The molecule has 0 atom stereocenters. The molecule has 0 spiro atoms. The van der Waals surface area contributed by atoms with Gasteiger partial charge in [0.15, 0.2) is 0 Å². The van der Waals surface area contributed by atoms with Gasteiger partial charge in [0.25, 0.3) is 0 Å². The van der Waals surface area contributed by atoms with Crippen LogP contribution in [0.3, 0.4) is 0 Å². The highest BCUT2D eigenvalue weighted by Gasteiger charge is 1.97. The van der Waals surface area contributed by atoms with Crippen molar-refractivity contribution in [2.75, 3.05) is 0 Å². The Morgan fingerprint density at radius 1 is 1.36 bits per heavy atom. The van der Waals surface area contributed by atoms with Crippen molar-refractivity contribution >= 4 is 17.3 Å². The Morgan fingerprint density at radius 2 is 2.00 bits per heavy atom. The zero-order valence-electron chi connectivity index (χ0n) is 8.37. The fourth-order valence-electron chi connectivity index (χ4n) is 1.45. The van der Waals surface area contributed by atoms with E-state index in [1.165, 1.54) is 22.2 Å². The molecule has 0 fully saturated rings. The smallest absolute Gasteiger partial charge is 0.204 e. The number of primary amides is 1. The number of fused-ring (bicyclic) bond motifs is 1. The van der Waals surface area contributed by atoms with Crippen molar-refractivity contribution in [3.8, 4) is 0 Å². The van der Waals surface area contributed by atoms with Gasteiger partial charge in [-0.15, -0.1) is 0 Å². The lowest BCUT2D eigenvalue weighted by Crippen LogP contribution is -1.82. The van der Waals surface area contributed by atoms with Crippen molar-refractivity contribution in [2.45, 2.75) is 13.8 Å². The summed E-state index contributed by atoms with van der Waals surface area (Å²) in [5.74, 6) is 0. The zero-order chi connectivity index (χ0) is 10.6. The van der Waals surface area contributed by atoms with Crippen molar-refractivity contribution in [3.05, 3.63) is 35.5 Å². The van der Waals surface area contributed by atoms with Crippen molar-refractivity contribution in [2.24, 2.45) is 5.73 Å². The topological polar surface area (TPSA) is 58.9 Å². The van der Waals surface area contributed by atoms with Crippen LogP contribution in [-0.4, -0.2) is 11.4 Å². The Hall–Kier alpha value is -1.77. The second kappa shape index (κ2) is 4.46. The molecule has 0 bridgehead atoms. The van der Waals surface area contributed by atoms with Gasteiger partial charge in [-0.1, -0.05) is 18.2 Å². The summed E-state index contributed by atoms with van der Waals surface area (Å²) in [5, 5.41) is 1.31. The Morgan fingerprint density at radius 3 is 2.57 bits per heavy atom. The van der Waals surface area contributed by atoms with Crippen LogP contribution in [0.25, 0.3) is 10.9 Å². The minimum absolute atomic E-state index is 0.250. The normalized spacial score (nSPS) is 9.29. The lowest BCUT2D eigenvalue weighted by Gasteiger charge is -1.92. The molecule has 3 nitrogen and oxygen atoms in total. The van der Waals surface area contributed by atoms with Gasteiger partial charge >= 0.3 is 0 Å². The highest BCUT2D eigenvalue weighted by Crippen LogP contribution is 2.17. The van der Waals surface area contributed by atoms with Gasteiger partial charge < -0.3 is 10.7 Å². The first-order valence-corrected chi connectivity index (χ1v) is 4.39. The first kappa shape index (κ1) is 10.3. The van der Waals surface area contributed by atoms with Gasteiger partial charge in [0.05, 0.1) is 0 Å². The molecule has 14 heavy (non-hydrogen) atoms. The fraction of sp³-hybridized carbons (Fsp3) is 0.182. The number of nitrogens with one attached hydrogen (secondary N) is 1. The van der Waals surface area contributed by atoms with E-state index in [2.05, 4.69) is 48.8 Å². The fourth-order valence-corrected chi connectivity index (χ4v) is 1.45. The molecule has 0 aliphatic rings. The Balaban J connectivity index is 0.000000293. The number of amides is 1. The molecule has 3 N–H and O–H groups in total. The van der Waals surface area contributed by atoms with Gasteiger partial charge in [-0.25, -0.2) is 0 Å². The number of rotatable bonds is 0. The second-order valence-corrected chi connectivity index (χ2v) is 3.13. The van der Waals surface area contributed by atoms with Crippen molar-refractivity contribution < 1.29 is 4.79 Å². The van der Waals surface area contributed by atoms with Crippen LogP contribution >= 0.6 is 0 Å². The molecule has 2 aromatic rings. The summed E-state index contributed by atoms with van der Waals surface area (Å²) >= 11 is 0. The molecule has 1 amide bonds. The standard InChI is InChI=1S/C10H11N.CH3NO/c1-7-4-3-5-9-6-8(2)11-10(7)9;2-1-3/h3-6,11H,1-2H3;1H,(H2,2,3). The van der Waals surface area contributed by atoms with Crippen molar-refractivity contribution in [1.29, 1.82) is 0 Å². The third-order valence-electron chi connectivity index (χ3n) is 2.00. The number of hydrogen-bond acceptors (Lipinski definition) is 1. The third kappa shape index (κ3) is 2.13. The van der Waals surface area contributed by atoms with E-state index in [-0.39, 0.29) is 6.41 Å². The number of H-pyrrole nitrogens is 1. The minimum atomic E-state index is 0.250. The van der Waals surface area contributed by atoms with Gasteiger partial charge in [-0.2, -0.15) is 0 Å². The zero-order valence-corrected chi connectivity index (χ0v) is 8.37. The van der Waals surface area contributed by atoms with E-state index in [0.717, 1.165) is 0 Å². The average Bonchev–Trinajstić information content (AvgIpc) is 2.48. The third-order valence-corrected chi connectivity index (χ3v) is 2.00. The highest BCUT2D eigenvalue weighted by molar-refractivity contribution is 5.83. The molecule has 0 saturated carbocycles. The number of aromatic amines is 1. The Labute approximate surface area is 82.9 Å². The Bertz CT molecular complexity index is 432. The number of carbonyl (C=O) groups excluding carboxylic acids is 1. The van der Waals surface area contributed by atoms with Crippen LogP contribution in [0.15, 0.2) is 24.3 Å². The number of aryl methyl sites for hydroxylation is 2. The summed E-state index contributed by atoms with van der Waals surface area (Å²) in [4.78, 5) is 11.9. The van der Waals surface area contributed by atoms with Crippen LogP contribution in [0.5, 0.6) is 0 Å². The molecular formula is C11H14N2O. The number of carbonyl (C=O) groups is 1. The minimum Gasteiger partial charge on any atom is -0.372 e. The summed E-state index contributed by atoms with van der Waals surface area (Å²) in [7, 11) is 0. The van der Waals surface area contributed by atoms with E-state index < -0.39 is 0 Å². The molecule has 0 radical (unpaired) electrons. The quantitative estimate of drug-likeness (QED) is 0.612. The van der Waals surface area contributed by atoms with E-state index in [1.54, 1.807) is 0 Å². The molecule has 1 aromatic carbocycles. The van der Waals surface area contributed by atoms with Gasteiger partial charge in [0, 0.05) is 11.2 Å². The number of aromatic nitrogens is 1. The van der Waals surface area contributed by atoms with Crippen LogP contribution in [0, 0.1) is 13.8 Å². The van der Waals surface area contributed by atoms with Crippen LogP contribution < -0.4 is 5.73 Å². The van der Waals surface area contributed by atoms with Gasteiger partial charge in [-0.05, 0) is 30.9 Å². The van der Waals surface area contributed by atoms with Crippen LogP contribution in [0.2, 0.25) is 0 Å². The van der Waals surface area contributed by atoms with Crippen LogP contribution in [-0.2, 0) is 4.79 Å².